The van der Waals surface area contributed by atoms with E-state index in [0.717, 1.165) is 12.0 Å². The highest BCUT2D eigenvalue weighted by Gasteiger charge is 2.06. The first kappa shape index (κ1) is 10.8. The predicted octanol–water partition coefficient (Wildman–Crippen LogP) is 1.66. The van der Waals surface area contributed by atoms with Crippen LogP contribution < -0.4 is 0 Å². The molecule has 1 aromatic carbocycles. The van der Waals surface area contributed by atoms with E-state index < -0.39 is 9.84 Å². The third-order valence-electron chi connectivity index (χ3n) is 1.88. The van der Waals surface area contributed by atoms with Crippen LogP contribution in [0.1, 0.15) is 12.0 Å². The van der Waals surface area contributed by atoms with Gasteiger partial charge in [-0.25, -0.2) is 8.42 Å². The summed E-state index contributed by atoms with van der Waals surface area (Å²) in [4.78, 5) is 0.354. The van der Waals surface area contributed by atoms with Crippen molar-refractivity contribution in [2.45, 2.75) is 17.7 Å². The number of hydrogen-bond acceptors (Lipinski definition) is 2. The van der Waals surface area contributed by atoms with Crippen LogP contribution in [-0.2, 0) is 16.3 Å². The fourth-order valence-electron chi connectivity index (χ4n) is 1.15. The molecule has 0 radical (unpaired) electrons. The fraction of sp³-hybridized carbons (Fsp3) is 0.273. The van der Waals surface area contributed by atoms with Gasteiger partial charge in [-0.1, -0.05) is 12.1 Å². The highest BCUT2D eigenvalue weighted by molar-refractivity contribution is 7.90. The van der Waals surface area contributed by atoms with Gasteiger partial charge in [0.05, 0.1) is 4.90 Å². The van der Waals surface area contributed by atoms with Crippen LogP contribution in [0, 0.1) is 12.3 Å². The van der Waals surface area contributed by atoms with Crippen molar-refractivity contribution in [3.63, 3.8) is 0 Å². The minimum absolute atomic E-state index is 0.354. The molecule has 0 N–H and O–H groups in total. The molecule has 0 saturated heterocycles. The van der Waals surface area contributed by atoms with Crippen molar-refractivity contribution in [3.8, 4) is 12.3 Å². The summed E-state index contributed by atoms with van der Waals surface area (Å²) in [5.74, 6) is 2.52. The van der Waals surface area contributed by atoms with Crippen molar-refractivity contribution < 1.29 is 8.42 Å². The van der Waals surface area contributed by atoms with Crippen LogP contribution in [0.2, 0.25) is 0 Å². The molecule has 0 bridgehead atoms. The summed E-state index contributed by atoms with van der Waals surface area (Å²) >= 11 is 0. The summed E-state index contributed by atoms with van der Waals surface area (Å²) in [5, 5.41) is 0. The van der Waals surface area contributed by atoms with Crippen molar-refractivity contribution >= 4 is 9.84 Å². The molecule has 0 aliphatic carbocycles. The van der Waals surface area contributed by atoms with E-state index in [1.54, 1.807) is 18.2 Å². The van der Waals surface area contributed by atoms with Crippen molar-refractivity contribution in [2.24, 2.45) is 0 Å². The molecule has 0 aromatic heterocycles. The van der Waals surface area contributed by atoms with Crippen LogP contribution in [0.25, 0.3) is 0 Å². The SMILES string of the molecule is C#CCCc1cccc(S(C)(=O)=O)c1. The Kier molecular flexibility index (Phi) is 3.32. The average Bonchev–Trinajstić information content (AvgIpc) is 2.14. The third-order valence-corrected chi connectivity index (χ3v) is 2.99. The summed E-state index contributed by atoms with van der Waals surface area (Å²) in [6.45, 7) is 0. The molecule has 74 valence electrons. The van der Waals surface area contributed by atoms with E-state index in [-0.39, 0.29) is 0 Å². The van der Waals surface area contributed by atoms with E-state index in [0.29, 0.717) is 11.3 Å². The Morgan fingerprint density at radius 1 is 1.43 bits per heavy atom. The standard InChI is InChI=1S/C11H12O2S/c1-3-4-6-10-7-5-8-11(9-10)14(2,12)13/h1,5,7-9H,4,6H2,2H3. The second-order valence-electron chi connectivity index (χ2n) is 3.12. The second-order valence-corrected chi connectivity index (χ2v) is 5.14. The molecule has 0 unspecified atom stereocenters. The molecule has 0 fully saturated rings. The van der Waals surface area contributed by atoms with Crippen LogP contribution >= 0.6 is 0 Å². The van der Waals surface area contributed by atoms with Crippen LogP contribution in [0.5, 0.6) is 0 Å². The Balaban J connectivity index is 2.97. The molecule has 0 saturated carbocycles. The van der Waals surface area contributed by atoms with Gasteiger partial charge in [0.25, 0.3) is 0 Å². The monoisotopic (exact) mass is 208 g/mol. The minimum atomic E-state index is -3.10. The zero-order chi connectivity index (χ0) is 10.6. The maximum atomic E-state index is 11.2. The topological polar surface area (TPSA) is 34.1 Å². The zero-order valence-electron chi connectivity index (χ0n) is 8.03. The third kappa shape index (κ3) is 2.90. The first-order valence-electron chi connectivity index (χ1n) is 4.26. The van der Waals surface area contributed by atoms with E-state index in [1.807, 2.05) is 6.07 Å². The molecule has 0 amide bonds. The molecular weight excluding hydrogens is 196 g/mol. The van der Waals surface area contributed by atoms with Gasteiger partial charge in [-0.05, 0) is 24.1 Å². The molecular formula is C11H12O2S. The Morgan fingerprint density at radius 2 is 2.14 bits per heavy atom. The van der Waals surface area contributed by atoms with Crippen LogP contribution in [0.4, 0.5) is 0 Å². The number of benzene rings is 1. The Labute approximate surface area is 84.9 Å². The molecule has 3 heteroatoms. The Morgan fingerprint density at radius 3 is 2.71 bits per heavy atom. The molecule has 2 nitrogen and oxygen atoms in total. The van der Waals surface area contributed by atoms with Crippen LogP contribution in [-0.4, -0.2) is 14.7 Å². The lowest BCUT2D eigenvalue weighted by Crippen LogP contribution is -1.97. The van der Waals surface area contributed by atoms with Gasteiger partial charge in [-0.2, -0.15) is 0 Å². The summed E-state index contributed by atoms with van der Waals surface area (Å²) in [6.07, 6.45) is 7.69. The first-order valence-corrected chi connectivity index (χ1v) is 6.15. The van der Waals surface area contributed by atoms with E-state index >= 15 is 0 Å². The first-order chi connectivity index (χ1) is 6.54. The lowest BCUT2D eigenvalue weighted by atomic mass is 10.1. The van der Waals surface area contributed by atoms with E-state index in [4.69, 9.17) is 6.42 Å². The molecule has 0 aliphatic rings. The lowest BCUT2D eigenvalue weighted by molar-refractivity contribution is 0.601. The lowest BCUT2D eigenvalue weighted by Gasteiger charge is -2.01. The van der Waals surface area contributed by atoms with Crippen molar-refractivity contribution in [3.05, 3.63) is 29.8 Å². The quantitative estimate of drug-likeness (QED) is 0.708. The van der Waals surface area contributed by atoms with Gasteiger partial charge in [-0.15, -0.1) is 12.3 Å². The van der Waals surface area contributed by atoms with Crippen molar-refractivity contribution in [1.82, 2.24) is 0 Å². The van der Waals surface area contributed by atoms with Gasteiger partial charge < -0.3 is 0 Å². The molecule has 0 heterocycles. The number of hydrogen-bond donors (Lipinski definition) is 0. The Bertz CT molecular complexity index is 452. The number of rotatable bonds is 3. The second kappa shape index (κ2) is 4.30. The summed E-state index contributed by atoms with van der Waals surface area (Å²) in [7, 11) is -3.10. The average molecular weight is 208 g/mol. The van der Waals surface area contributed by atoms with Gasteiger partial charge in [0.15, 0.2) is 9.84 Å². The predicted molar refractivity (Wildman–Crippen MR) is 56.7 cm³/mol. The van der Waals surface area contributed by atoms with E-state index in [2.05, 4.69) is 5.92 Å². The number of terminal acetylenes is 1. The van der Waals surface area contributed by atoms with Gasteiger partial charge >= 0.3 is 0 Å². The molecule has 0 spiro atoms. The Hall–Kier alpha value is -1.27. The molecule has 1 rings (SSSR count). The summed E-state index contributed by atoms with van der Waals surface area (Å²) in [6, 6.07) is 6.88. The van der Waals surface area contributed by atoms with Crippen molar-refractivity contribution in [2.75, 3.05) is 6.26 Å². The highest BCUT2D eigenvalue weighted by Crippen LogP contribution is 2.12. The van der Waals surface area contributed by atoms with Crippen molar-refractivity contribution in [1.29, 1.82) is 0 Å². The minimum Gasteiger partial charge on any atom is -0.224 e. The number of aryl methyl sites for hydroxylation is 1. The largest absolute Gasteiger partial charge is 0.224 e. The summed E-state index contributed by atoms with van der Waals surface area (Å²) < 4.78 is 22.4. The van der Waals surface area contributed by atoms with Crippen LogP contribution in [0.3, 0.4) is 0 Å². The van der Waals surface area contributed by atoms with Gasteiger partial charge in [0, 0.05) is 12.7 Å². The maximum Gasteiger partial charge on any atom is 0.175 e. The molecule has 0 atom stereocenters. The van der Waals surface area contributed by atoms with E-state index in [1.165, 1.54) is 6.26 Å². The fourth-order valence-corrected chi connectivity index (χ4v) is 1.84. The molecule has 14 heavy (non-hydrogen) atoms. The molecule has 1 aromatic rings. The van der Waals surface area contributed by atoms with Gasteiger partial charge in [-0.3, -0.25) is 0 Å². The normalized spacial score (nSPS) is 10.9. The smallest absolute Gasteiger partial charge is 0.175 e. The number of sulfone groups is 1. The maximum absolute atomic E-state index is 11.2. The zero-order valence-corrected chi connectivity index (χ0v) is 8.84. The molecule has 0 aliphatic heterocycles. The highest BCUT2D eigenvalue weighted by atomic mass is 32.2. The van der Waals surface area contributed by atoms with Gasteiger partial charge in [0.1, 0.15) is 0 Å². The summed E-state index contributed by atoms with van der Waals surface area (Å²) in [5.41, 5.74) is 0.964. The van der Waals surface area contributed by atoms with Gasteiger partial charge in [0.2, 0.25) is 0 Å². The van der Waals surface area contributed by atoms with E-state index in [9.17, 15) is 8.42 Å². The van der Waals surface area contributed by atoms with Crippen LogP contribution in [0.15, 0.2) is 29.2 Å².